The SMILES string of the molecule is CO[C@H](C)[C@H](O)C(=O)NC(CC(C)C)C(=O)N[C@@H](Cc1ccccc1)C(=O)N[C@@H](CC(C)C)C(=O)[C@@]1(C)CO1. The molecule has 0 aromatic heterocycles. The van der Waals surface area contributed by atoms with E-state index < -0.39 is 53.7 Å². The first-order valence-electron chi connectivity index (χ1n) is 13.6. The molecule has 39 heavy (non-hydrogen) atoms. The van der Waals surface area contributed by atoms with Crippen molar-refractivity contribution in [1.82, 2.24) is 16.0 Å². The molecule has 1 aliphatic heterocycles. The monoisotopic (exact) mass is 547 g/mol. The summed E-state index contributed by atoms with van der Waals surface area (Å²) in [6.45, 7) is 11.3. The van der Waals surface area contributed by atoms with Gasteiger partial charge in [-0.15, -0.1) is 0 Å². The molecule has 2 rings (SSSR count). The van der Waals surface area contributed by atoms with Crippen molar-refractivity contribution < 1.29 is 33.8 Å². The second-order valence-electron chi connectivity index (χ2n) is 11.4. The molecule has 1 heterocycles. The van der Waals surface area contributed by atoms with E-state index in [1.807, 2.05) is 58.0 Å². The van der Waals surface area contributed by atoms with Crippen molar-refractivity contribution in [2.45, 2.75) is 96.7 Å². The lowest BCUT2D eigenvalue weighted by molar-refractivity contribution is -0.140. The minimum absolute atomic E-state index is 0.0340. The van der Waals surface area contributed by atoms with Gasteiger partial charge < -0.3 is 30.5 Å². The van der Waals surface area contributed by atoms with Crippen LogP contribution in [0, 0.1) is 11.8 Å². The van der Waals surface area contributed by atoms with Gasteiger partial charge in [0.15, 0.2) is 11.9 Å². The van der Waals surface area contributed by atoms with Crippen molar-refractivity contribution in [3.8, 4) is 0 Å². The smallest absolute Gasteiger partial charge is 0.252 e. The van der Waals surface area contributed by atoms with Gasteiger partial charge in [0, 0.05) is 13.5 Å². The molecule has 0 bridgehead atoms. The average Bonchev–Trinajstić information content (AvgIpc) is 3.64. The number of aliphatic hydroxyl groups is 1. The number of rotatable bonds is 16. The van der Waals surface area contributed by atoms with Gasteiger partial charge in [-0.25, -0.2) is 0 Å². The van der Waals surface area contributed by atoms with Crippen LogP contribution in [-0.4, -0.2) is 78.3 Å². The molecule has 10 heteroatoms. The Morgan fingerprint density at radius 3 is 1.87 bits per heavy atom. The maximum absolute atomic E-state index is 13.6. The summed E-state index contributed by atoms with van der Waals surface area (Å²) in [5.41, 5.74) is -0.0892. The lowest BCUT2D eigenvalue weighted by atomic mass is 9.93. The Kier molecular flexibility index (Phi) is 12.1. The number of hydrogen-bond donors (Lipinski definition) is 4. The summed E-state index contributed by atoms with van der Waals surface area (Å²) < 4.78 is 10.4. The molecular formula is C29H45N3O7. The van der Waals surface area contributed by atoms with Gasteiger partial charge >= 0.3 is 0 Å². The normalized spacial score (nSPS) is 20.5. The first kappa shape index (κ1) is 32.4. The highest BCUT2D eigenvalue weighted by atomic mass is 16.6. The molecule has 4 N–H and O–H groups in total. The number of carbonyl (C=O) groups is 4. The second kappa shape index (κ2) is 14.5. The fraction of sp³-hybridized carbons (Fsp3) is 0.655. The molecule has 10 nitrogen and oxygen atoms in total. The van der Waals surface area contributed by atoms with Gasteiger partial charge in [0.1, 0.15) is 17.7 Å². The van der Waals surface area contributed by atoms with E-state index in [0.29, 0.717) is 13.0 Å². The van der Waals surface area contributed by atoms with Gasteiger partial charge in [-0.1, -0.05) is 58.0 Å². The Bertz CT molecular complexity index is 978. The predicted octanol–water partition coefficient (Wildman–Crippen LogP) is 1.53. The highest BCUT2D eigenvalue weighted by Crippen LogP contribution is 2.29. The summed E-state index contributed by atoms with van der Waals surface area (Å²) in [6, 6.07) is 6.45. The van der Waals surface area contributed by atoms with Crippen molar-refractivity contribution in [3.05, 3.63) is 35.9 Å². The Morgan fingerprint density at radius 2 is 1.36 bits per heavy atom. The van der Waals surface area contributed by atoms with Gasteiger partial charge in [0.25, 0.3) is 5.91 Å². The number of ketones is 1. The fourth-order valence-electron chi connectivity index (χ4n) is 4.23. The van der Waals surface area contributed by atoms with E-state index in [1.54, 1.807) is 13.8 Å². The molecule has 218 valence electrons. The highest BCUT2D eigenvalue weighted by molar-refractivity contribution is 5.98. The maximum Gasteiger partial charge on any atom is 0.252 e. The summed E-state index contributed by atoms with van der Waals surface area (Å²) in [6.07, 6.45) is -1.33. The summed E-state index contributed by atoms with van der Waals surface area (Å²) in [7, 11) is 1.37. The minimum Gasteiger partial charge on any atom is -0.381 e. The standard InChI is InChI=1S/C29H45N3O7/c1-17(2)13-21(25(34)29(6)16-39-29)30-27(36)23(15-20-11-9-8-10-12-20)31-26(35)22(14-18(3)4)32-28(37)24(33)19(5)38-7/h8-12,17-19,21-24,33H,13-16H2,1-7H3,(H,30,36)(H,31,35)(H,32,37)/t19-,21+,22?,23+,24+,29-/m1/s1. The zero-order valence-electron chi connectivity index (χ0n) is 24.2. The molecule has 3 amide bonds. The molecule has 1 unspecified atom stereocenters. The number of methoxy groups -OCH3 is 1. The third kappa shape index (κ3) is 10.0. The molecule has 1 aromatic rings. The van der Waals surface area contributed by atoms with E-state index in [4.69, 9.17) is 9.47 Å². The molecule has 1 saturated heterocycles. The van der Waals surface area contributed by atoms with Crippen molar-refractivity contribution in [3.63, 3.8) is 0 Å². The minimum atomic E-state index is -1.46. The summed E-state index contributed by atoms with van der Waals surface area (Å²) in [4.78, 5) is 52.7. The van der Waals surface area contributed by atoms with Crippen LogP contribution in [0.5, 0.6) is 0 Å². The Labute approximate surface area is 231 Å². The summed E-state index contributed by atoms with van der Waals surface area (Å²) in [5, 5.41) is 18.5. The molecule has 0 spiro atoms. The number of aliphatic hydroxyl groups excluding tert-OH is 1. The maximum atomic E-state index is 13.6. The zero-order valence-corrected chi connectivity index (χ0v) is 24.2. The van der Waals surface area contributed by atoms with E-state index in [0.717, 1.165) is 5.56 Å². The van der Waals surface area contributed by atoms with Crippen LogP contribution >= 0.6 is 0 Å². The Morgan fingerprint density at radius 1 is 0.872 bits per heavy atom. The first-order chi connectivity index (χ1) is 18.3. The van der Waals surface area contributed by atoms with Crippen LogP contribution in [0.15, 0.2) is 30.3 Å². The molecule has 1 aromatic carbocycles. The highest BCUT2D eigenvalue weighted by Gasteiger charge is 2.50. The van der Waals surface area contributed by atoms with Gasteiger partial charge in [-0.2, -0.15) is 0 Å². The lowest BCUT2D eigenvalue weighted by Gasteiger charge is -2.28. The van der Waals surface area contributed by atoms with Crippen molar-refractivity contribution in [1.29, 1.82) is 0 Å². The molecule has 0 saturated carbocycles. The van der Waals surface area contributed by atoms with Crippen LogP contribution in [0.3, 0.4) is 0 Å². The van der Waals surface area contributed by atoms with Crippen LogP contribution in [0.2, 0.25) is 0 Å². The fourth-order valence-corrected chi connectivity index (χ4v) is 4.23. The van der Waals surface area contributed by atoms with Crippen LogP contribution < -0.4 is 16.0 Å². The molecule has 0 radical (unpaired) electrons. The number of carbonyl (C=O) groups excluding carboxylic acids is 4. The number of Topliss-reactive ketones (excluding diaryl/α,β-unsaturated/α-hetero) is 1. The van der Waals surface area contributed by atoms with Crippen molar-refractivity contribution >= 4 is 23.5 Å². The number of ether oxygens (including phenoxy) is 2. The molecular weight excluding hydrogens is 502 g/mol. The topological polar surface area (TPSA) is 146 Å². The number of hydrogen-bond acceptors (Lipinski definition) is 7. The predicted molar refractivity (Wildman–Crippen MR) is 147 cm³/mol. The van der Waals surface area contributed by atoms with Crippen LogP contribution in [0.25, 0.3) is 0 Å². The van der Waals surface area contributed by atoms with E-state index in [1.165, 1.54) is 7.11 Å². The molecule has 1 fully saturated rings. The summed E-state index contributed by atoms with van der Waals surface area (Å²) >= 11 is 0. The Balaban J connectivity index is 2.26. The number of benzene rings is 1. The third-order valence-electron chi connectivity index (χ3n) is 6.78. The number of epoxide rings is 1. The molecule has 6 atom stereocenters. The summed E-state index contributed by atoms with van der Waals surface area (Å²) in [5.74, 6) is -1.83. The largest absolute Gasteiger partial charge is 0.381 e. The van der Waals surface area contributed by atoms with Gasteiger partial charge in [0.2, 0.25) is 11.8 Å². The zero-order chi connectivity index (χ0) is 29.3. The van der Waals surface area contributed by atoms with E-state index in [-0.39, 0.29) is 30.5 Å². The second-order valence-corrected chi connectivity index (χ2v) is 11.4. The average molecular weight is 548 g/mol. The van der Waals surface area contributed by atoms with Crippen LogP contribution in [-0.2, 0) is 35.1 Å². The molecule has 1 aliphatic rings. The van der Waals surface area contributed by atoms with Crippen LogP contribution in [0.4, 0.5) is 0 Å². The first-order valence-corrected chi connectivity index (χ1v) is 13.6. The van der Waals surface area contributed by atoms with Gasteiger partial charge in [-0.05, 0) is 44.1 Å². The number of amides is 3. The van der Waals surface area contributed by atoms with E-state index >= 15 is 0 Å². The van der Waals surface area contributed by atoms with E-state index in [9.17, 15) is 24.3 Å². The quantitative estimate of drug-likeness (QED) is 0.230. The lowest BCUT2D eigenvalue weighted by Crippen LogP contribution is -2.58. The van der Waals surface area contributed by atoms with Gasteiger partial charge in [0.05, 0.1) is 18.8 Å². The van der Waals surface area contributed by atoms with Crippen molar-refractivity contribution in [2.75, 3.05) is 13.7 Å². The Hall–Kier alpha value is -2.82. The van der Waals surface area contributed by atoms with Crippen molar-refractivity contribution in [2.24, 2.45) is 11.8 Å². The molecule has 0 aliphatic carbocycles. The van der Waals surface area contributed by atoms with E-state index in [2.05, 4.69) is 16.0 Å². The van der Waals surface area contributed by atoms with Gasteiger partial charge in [-0.3, -0.25) is 19.2 Å². The number of nitrogens with one attached hydrogen (secondary N) is 3. The third-order valence-corrected chi connectivity index (χ3v) is 6.78. The van der Waals surface area contributed by atoms with Crippen LogP contribution in [0.1, 0.15) is 59.9 Å².